The Morgan fingerprint density at radius 1 is 0.657 bits per heavy atom. The monoisotopic (exact) mass is 478 g/mol. The van der Waals surface area contributed by atoms with Crippen LogP contribution < -0.4 is 0 Å². The summed E-state index contributed by atoms with van der Waals surface area (Å²) < 4.78 is 0. The fourth-order valence-electron chi connectivity index (χ4n) is 5.33. The molecule has 2 aromatic rings. The molecule has 0 aromatic heterocycles. The first-order valence-electron chi connectivity index (χ1n) is 14.7. The molecule has 2 aromatic carbocycles. The lowest BCUT2D eigenvalue weighted by molar-refractivity contribution is 0.446. The van der Waals surface area contributed by atoms with Crippen molar-refractivity contribution in [2.75, 3.05) is 0 Å². The van der Waals surface area contributed by atoms with E-state index in [1.54, 1.807) is 0 Å². The fourth-order valence-corrected chi connectivity index (χ4v) is 5.33. The van der Waals surface area contributed by atoms with Gasteiger partial charge in [0.05, 0.1) is 0 Å². The fraction of sp³-hybridized carbons (Fsp3) is 0.647. The van der Waals surface area contributed by atoms with Gasteiger partial charge >= 0.3 is 0 Å². The van der Waals surface area contributed by atoms with E-state index in [0.29, 0.717) is 17.6 Å². The number of benzene rings is 2. The van der Waals surface area contributed by atoms with Crippen molar-refractivity contribution in [3.63, 3.8) is 0 Å². The average molecular weight is 479 g/mol. The molecule has 0 amide bonds. The lowest BCUT2D eigenvalue weighted by Gasteiger charge is -2.29. The van der Waals surface area contributed by atoms with Crippen molar-refractivity contribution in [1.29, 1.82) is 0 Å². The maximum atomic E-state index is 11.2. The molecular weight excluding hydrogens is 424 g/mol. The summed E-state index contributed by atoms with van der Waals surface area (Å²) in [5.74, 6) is 1.21. The van der Waals surface area contributed by atoms with Crippen molar-refractivity contribution < 1.29 is 5.11 Å². The molecule has 0 heterocycles. The third-order valence-corrected chi connectivity index (χ3v) is 8.03. The van der Waals surface area contributed by atoms with E-state index in [9.17, 15) is 5.11 Å². The molecule has 35 heavy (non-hydrogen) atoms. The Morgan fingerprint density at radius 2 is 1.14 bits per heavy atom. The Hall–Kier alpha value is -1.76. The number of hydrogen-bond donors (Lipinski definition) is 1. The van der Waals surface area contributed by atoms with Crippen LogP contribution in [0.25, 0.3) is 0 Å². The van der Waals surface area contributed by atoms with Crippen molar-refractivity contribution >= 4 is 0 Å². The number of phenols is 1. The smallest absolute Gasteiger partial charge is 0.122 e. The molecule has 0 radical (unpaired) electrons. The van der Waals surface area contributed by atoms with Crippen LogP contribution >= 0.6 is 0 Å². The second-order valence-electron chi connectivity index (χ2n) is 11.7. The van der Waals surface area contributed by atoms with Gasteiger partial charge in [-0.2, -0.15) is 0 Å². The van der Waals surface area contributed by atoms with Crippen LogP contribution in [-0.2, 0) is 5.41 Å². The van der Waals surface area contributed by atoms with Crippen LogP contribution in [0.4, 0.5) is 0 Å². The zero-order valence-electron chi connectivity index (χ0n) is 23.8. The zero-order chi connectivity index (χ0) is 25.7. The molecule has 0 fully saturated rings. The summed E-state index contributed by atoms with van der Waals surface area (Å²) in [6.45, 7) is 13.6. The van der Waals surface area contributed by atoms with Gasteiger partial charge in [-0.3, -0.25) is 0 Å². The van der Waals surface area contributed by atoms with Crippen LogP contribution in [-0.4, -0.2) is 5.11 Å². The van der Waals surface area contributed by atoms with Crippen molar-refractivity contribution in [2.24, 2.45) is 0 Å². The van der Waals surface area contributed by atoms with Gasteiger partial charge in [-0.1, -0.05) is 161 Å². The van der Waals surface area contributed by atoms with Gasteiger partial charge < -0.3 is 5.11 Å². The van der Waals surface area contributed by atoms with E-state index in [-0.39, 0.29) is 5.41 Å². The molecule has 0 aliphatic heterocycles. The van der Waals surface area contributed by atoms with Crippen LogP contribution in [0, 0.1) is 0 Å². The van der Waals surface area contributed by atoms with Gasteiger partial charge in [0.15, 0.2) is 0 Å². The van der Waals surface area contributed by atoms with Gasteiger partial charge in [0.1, 0.15) is 5.75 Å². The van der Waals surface area contributed by atoms with Gasteiger partial charge in [0, 0.05) is 5.41 Å². The topological polar surface area (TPSA) is 20.2 Å². The highest BCUT2D eigenvalue weighted by Gasteiger charge is 2.27. The second-order valence-corrected chi connectivity index (χ2v) is 11.7. The van der Waals surface area contributed by atoms with E-state index in [0.717, 1.165) is 17.5 Å². The summed E-state index contributed by atoms with van der Waals surface area (Å²) in [6.07, 6.45) is 17.7. The summed E-state index contributed by atoms with van der Waals surface area (Å²) in [5.41, 5.74) is 4.76. The third kappa shape index (κ3) is 9.32. The third-order valence-electron chi connectivity index (χ3n) is 8.03. The molecule has 2 rings (SSSR count). The van der Waals surface area contributed by atoms with Gasteiger partial charge in [0.25, 0.3) is 0 Å². The predicted molar refractivity (Wildman–Crippen MR) is 155 cm³/mol. The van der Waals surface area contributed by atoms with Crippen molar-refractivity contribution in [3.8, 4) is 5.75 Å². The van der Waals surface area contributed by atoms with Crippen molar-refractivity contribution in [1.82, 2.24) is 0 Å². The minimum Gasteiger partial charge on any atom is -0.507 e. The first kappa shape index (κ1) is 29.5. The molecule has 0 spiro atoms. The summed E-state index contributed by atoms with van der Waals surface area (Å²) in [4.78, 5) is 0. The molecular formula is C34H54O. The maximum Gasteiger partial charge on any atom is 0.122 e. The number of phenolic OH excluding ortho intramolecular Hbond substituents is 1. The number of rotatable bonds is 17. The molecule has 1 unspecified atom stereocenters. The highest BCUT2D eigenvalue weighted by atomic mass is 16.3. The standard InChI is InChI=1S/C34H54O/c1-7-8-9-10-11-12-13-14-15-16-17-19-22-28(4)32-26-30(25-31(27(2)3)33(32)35)34(5,6)29-23-20-18-21-24-29/h18,20-21,23-28,35H,7-17,19,22H2,1-6H3. The highest BCUT2D eigenvalue weighted by molar-refractivity contribution is 5.51. The highest BCUT2D eigenvalue weighted by Crippen LogP contribution is 2.41. The number of hydrogen-bond acceptors (Lipinski definition) is 1. The SMILES string of the molecule is CCCCCCCCCCCCCCC(C)c1cc(C(C)(C)c2ccccc2)cc(C(C)C)c1O. The van der Waals surface area contributed by atoms with E-state index >= 15 is 0 Å². The Morgan fingerprint density at radius 3 is 1.66 bits per heavy atom. The number of unbranched alkanes of at least 4 members (excludes halogenated alkanes) is 11. The Bertz CT molecular complexity index is 833. The summed E-state index contributed by atoms with van der Waals surface area (Å²) in [6, 6.07) is 15.3. The van der Waals surface area contributed by atoms with E-state index < -0.39 is 0 Å². The zero-order valence-corrected chi connectivity index (χ0v) is 23.8. The maximum absolute atomic E-state index is 11.2. The lowest BCUT2D eigenvalue weighted by atomic mass is 9.75. The van der Waals surface area contributed by atoms with Gasteiger partial charge in [0.2, 0.25) is 0 Å². The minimum atomic E-state index is -0.0942. The van der Waals surface area contributed by atoms with E-state index in [1.165, 1.54) is 88.2 Å². The Kier molecular flexibility index (Phi) is 12.9. The molecule has 0 saturated heterocycles. The van der Waals surface area contributed by atoms with Crippen molar-refractivity contribution in [3.05, 3.63) is 64.7 Å². The first-order valence-corrected chi connectivity index (χ1v) is 14.7. The van der Waals surface area contributed by atoms with Gasteiger partial charge in [-0.05, 0) is 40.5 Å². The molecule has 0 aliphatic carbocycles. The quantitative estimate of drug-likeness (QED) is 0.224. The van der Waals surface area contributed by atoms with Crippen LogP contribution in [0.5, 0.6) is 5.75 Å². The van der Waals surface area contributed by atoms with E-state index in [1.807, 2.05) is 0 Å². The molecule has 0 bridgehead atoms. The first-order chi connectivity index (χ1) is 16.8. The van der Waals surface area contributed by atoms with Crippen LogP contribution in [0.1, 0.15) is 159 Å². The van der Waals surface area contributed by atoms with Gasteiger partial charge in [-0.15, -0.1) is 0 Å². The summed E-state index contributed by atoms with van der Waals surface area (Å²) in [5, 5.41) is 11.2. The van der Waals surface area contributed by atoms with E-state index in [4.69, 9.17) is 0 Å². The molecule has 1 nitrogen and oxygen atoms in total. The van der Waals surface area contributed by atoms with Gasteiger partial charge in [-0.25, -0.2) is 0 Å². The normalized spacial score (nSPS) is 12.9. The lowest BCUT2D eigenvalue weighted by Crippen LogP contribution is -2.20. The summed E-state index contributed by atoms with van der Waals surface area (Å²) >= 11 is 0. The minimum absolute atomic E-state index is 0.0942. The van der Waals surface area contributed by atoms with Crippen LogP contribution in [0.3, 0.4) is 0 Å². The molecule has 0 aliphatic rings. The van der Waals surface area contributed by atoms with Crippen LogP contribution in [0.2, 0.25) is 0 Å². The summed E-state index contributed by atoms with van der Waals surface area (Å²) in [7, 11) is 0. The molecule has 1 atom stereocenters. The predicted octanol–water partition coefficient (Wildman–Crippen LogP) is 11.0. The van der Waals surface area contributed by atoms with Crippen molar-refractivity contribution in [2.45, 2.75) is 142 Å². The number of aromatic hydroxyl groups is 1. The largest absolute Gasteiger partial charge is 0.507 e. The molecule has 0 saturated carbocycles. The van der Waals surface area contributed by atoms with Crippen LogP contribution in [0.15, 0.2) is 42.5 Å². The van der Waals surface area contributed by atoms with E-state index in [2.05, 4.69) is 84.0 Å². The molecule has 1 heteroatoms. The molecule has 196 valence electrons. The Labute approximate surface area is 217 Å². The second kappa shape index (κ2) is 15.4. The molecule has 1 N–H and O–H groups in total. The Balaban J connectivity index is 1.89. The average Bonchev–Trinajstić information content (AvgIpc) is 2.85.